The molecule has 0 saturated carbocycles. The van der Waals surface area contributed by atoms with E-state index in [9.17, 15) is 0 Å². The first kappa shape index (κ1) is 15.6. The Labute approximate surface area is 149 Å². The molecule has 0 N–H and O–H groups in total. The van der Waals surface area contributed by atoms with Crippen LogP contribution in [-0.2, 0) is 0 Å². The van der Waals surface area contributed by atoms with Crippen LogP contribution >= 0.6 is 0 Å². The molecule has 0 fully saturated rings. The molecule has 4 rings (SSSR count). The number of fused-ring (bicyclic) bond motifs is 2. The van der Waals surface area contributed by atoms with Gasteiger partial charge in [-0.1, -0.05) is 12.1 Å². The molecule has 25 heavy (non-hydrogen) atoms. The lowest BCUT2D eigenvalue weighted by Gasteiger charge is -1.98. The molecular weight excluding hydrogens is 304 g/mol. The molecule has 0 unspecified atom stereocenters. The molecule has 0 saturated heterocycles. The van der Waals surface area contributed by atoms with Crippen molar-refractivity contribution in [2.75, 3.05) is 0 Å². The average Bonchev–Trinajstić information content (AvgIpc) is 3.03. The Kier molecular flexibility index (Phi) is 3.69. The highest BCUT2D eigenvalue weighted by Crippen LogP contribution is 2.28. The summed E-state index contributed by atoms with van der Waals surface area (Å²) in [6.45, 7) is 8.79. The number of hydrogen-bond donors (Lipinski definition) is 0. The van der Waals surface area contributed by atoms with Crippen LogP contribution in [-0.4, -0.2) is 4.40 Å². The highest BCUT2D eigenvalue weighted by atomic mass is 15.0. The van der Waals surface area contributed by atoms with Gasteiger partial charge in [0.05, 0.1) is 0 Å². The predicted octanol–water partition coefficient (Wildman–Crippen LogP) is 5.20. The summed E-state index contributed by atoms with van der Waals surface area (Å²) in [5.74, 6) is 0. The molecule has 0 amide bonds. The normalized spacial score (nSPS) is 15.8. The third kappa shape index (κ3) is 2.37. The summed E-state index contributed by atoms with van der Waals surface area (Å²) in [5.41, 5.74) is 10.4. The lowest BCUT2D eigenvalue weighted by Crippen LogP contribution is -2.32. The van der Waals surface area contributed by atoms with Crippen molar-refractivity contribution in [1.82, 2.24) is 4.40 Å². The molecule has 3 aromatic heterocycles. The number of rotatable bonds is 2. The number of allylic oxidation sites excluding steroid dienone is 5. The van der Waals surface area contributed by atoms with E-state index in [1.165, 1.54) is 44.9 Å². The van der Waals surface area contributed by atoms with E-state index in [1.54, 1.807) is 0 Å². The van der Waals surface area contributed by atoms with Crippen LogP contribution in [0.15, 0.2) is 66.5 Å². The molecular formula is C23H23N2+. The zero-order chi connectivity index (χ0) is 17.6. The summed E-state index contributed by atoms with van der Waals surface area (Å²) < 4.78 is 4.53. The largest absolute Gasteiger partial charge is 0.317 e. The number of aryl methyl sites for hydroxylation is 1. The molecule has 4 heterocycles. The summed E-state index contributed by atoms with van der Waals surface area (Å²) >= 11 is 0. The highest BCUT2D eigenvalue weighted by Gasteiger charge is 2.28. The summed E-state index contributed by atoms with van der Waals surface area (Å²) in [7, 11) is 0. The second-order valence-electron chi connectivity index (χ2n) is 6.71. The fourth-order valence-electron chi connectivity index (χ4n) is 3.69. The van der Waals surface area contributed by atoms with Gasteiger partial charge in [-0.15, -0.1) is 0 Å². The van der Waals surface area contributed by atoms with Crippen molar-refractivity contribution < 1.29 is 4.57 Å². The van der Waals surface area contributed by atoms with E-state index in [0.717, 1.165) is 0 Å². The Hall–Kier alpha value is -2.87. The molecule has 2 heteroatoms. The third-order valence-electron chi connectivity index (χ3n) is 5.41. The van der Waals surface area contributed by atoms with E-state index in [4.69, 9.17) is 0 Å². The highest BCUT2D eigenvalue weighted by molar-refractivity contribution is 5.80. The summed E-state index contributed by atoms with van der Waals surface area (Å²) in [4.78, 5) is 0. The first-order chi connectivity index (χ1) is 12.1. The Balaban J connectivity index is 1.78. The summed E-state index contributed by atoms with van der Waals surface area (Å²) in [6, 6.07) is 12.7. The van der Waals surface area contributed by atoms with Crippen LogP contribution in [0.2, 0.25) is 0 Å². The SMILES string of the molecule is CC1=C(C)c2cccc[n+]2/C1=C/C=Cc1c(C)c(C)c2ccccn12. The molecule has 0 radical (unpaired) electrons. The monoisotopic (exact) mass is 327 g/mol. The van der Waals surface area contributed by atoms with Crippen LogP contribution in [0.4, 0.5) is 0 Å². The standard InChI is InChI=1S/C23H23N2/c1-16-18(3)22(24-14-7-5-10-20(16)24)12-9-13-23-19(4)17(2)21-11-6-8-15-25(21)23/h5-15H,1-4H3/q+1. The third-order valence-corrected chi connectivity index (χ3v) is 5.41. The van der Waals surface area contributed by atoms with Gasteiger partial charge in [0.1, 0.15) is 0 Å². The molecule has 1 aliphatic rings. The Morgan fingerprint density at radius 1 is 0.880 bits per heavy atom. The molecule has 2 nitrogen and oxygen atoms in total. The maximum atomic E-state index is 2.27. The van der Waals surface area contributed by atoms with Gasteiger partial charge in [-0.3, -0.25) is 0 Å². The van der Waals surface area contributed by atoms with E-state index in [2.05, 4.69) is 104 Å². The zero-order valence-electron chi connectivity index (χ0n) is 15.2. The van der Waals surface area contributed by atoms with Crippen molar-refractivity contribution in [1.29, 1.82) is 0 Å². The van der Waals surface area contributed by atoms with Crippen molar-refractivity contribution in [3.63, 3.8) is 0 Å². The van der Waals surface area contributed by atoms with Gasteiger partial charge in [-0.2, -0.15) is 4.57 Å². The van der Waals surface area contributed by atoms with Gasteiger partial charge >= 0.3 is 0 Å². The second kappa shape index (κ2) is 5.89. The fraction of sp³-hybridized carbons (Fsp3) is 0.174. The van der Waals surface area contributed by atoms with Crippen LogP contribution in [0.25, 0.3) is 22.9 Å². The van der Waals surface area contributed by atoms with Gasteiger partial charge < -0.3 is 4.40 Å². The predicted molar refractivity (Wildman–Crippen MR) is 105 cm³/mol. The Morgan fingerprint density at radius 2 is 1.68 bits per heavy atom. The molecule has 3 aromatic rings. The Morgan fingerprint density at radius 3 is 2.52 bits per heavy atom. The van der Waals surface area contributed by atoms with E-state index in [-0.39, 0.29) is 0 Å². The van der Waals surface area contributed by atoms with Crippen molar-refractivity contribution >= 4 is 22.9 Å². The molecule has 0 aromatic carbocycles. The number of nitrogens with zero attached hydrogens (tertiary/aromatic N) is 2. The fourth-order valence-corrected chi connectivity index (χ4v) is 3.69. The minimum atomic E-state index is 1.25. The van der Waals surface area contributed by atoms with Gasteiger partial charge in [0.2, 0.25) is 11.4 Å². The van der Waals surface area contributed by atoms with Crippen LogP contribution in [0.3, 0.4) is 0 Å². The van der Waals surface area contributed by atoms with E-state index in [1.807, 2.05) is 0 Å². The van der Waals surface area contributed by atoms with Gasteiger partial charge in [0, 0.05) is 46.8 Å². The second-order valence-corrected chi connectivity index (χ2v) is 6.71. The van der Waals surface area contributed by atoms with Crippen LogP contribution < -0.4 is 4.57 Å². The summed E-state index contributed by atoms with van der Waals surface area (Å²) in [6.07, 6.45) is 10.9. The van der Waals surface area contributed by atoms with E-state index in [0.29, 0.717) is 0 Å². The smallest absolute Gasteiger partial charge is 0.214 e. The van der Waals surface area contributed by atoms with Crippen molar-refractivity contribution in [3.05, 3.63) is 89.0 Å². The van der Waals surface area contributed by atoms with Gasteiger partial charge in [-0.25, -0.2) is 0 Å². The zero-order valence-corrected chi connectivity index (χ0v) is 15.2. The molecule has 1 aliphatic heterocycles. The Bertz CT molecular complexity index is 1070. The maximum absolute atomic E-state index is 2.27. The quantitative estimate of drug-likeness (QED) is 0.571. The topological polar surface area (TPSA) is 8.29 Å². The number of aromatic nitrogens is 2. The van der Waals surface area contributed by atoms with E-state index < -0.39 is 0 Å². The lowest BCUT2D eigenvalue weighted by atomic mass is 10.1. The molecule has 0 spiro atoms. The molecule has 124 valence electrons. The van der Waals surface area contributed by atoms with E-state index >= 15 is 0 Å². The van der Waals surface area contributed by atoms with Gasteiger partial charge in [0.25, 0.3) is 0 Å². The number of pyridine rings is 2. The first-order valence-electron chi connectivity index (χ1n) is 8.73. The van der Waals surface area contributed by atoms with Crippen molar-refractivity contribution in [2.24, 2.45) is 0 Å². The van der Waals surface area contributed by atoms with Crippen LogP contribution in [0.1, 0.15) is 36.4 Å². The molecule has 0 atom stereocenters. The lowest BCUT2D eigenvalue weighted by molar-refractivity contribution is -0.578. The molecule has 0 bridgehead atoms. The first-order valence-corrected chi connectivity index (χ1v) is 8.73. The minimum Gasteiger partial charge on any atom is -0.317 e. The van der Waals surface area contributed by atoms with Gasteiger partial charge in [0.15, 0.2) is 6.20 Å². The number of hydrogen-bond acceptors (Lipinski definition) is 0. The van der Waals surface area contributed by atoms with Crippen molar-refractivity contribution in [2.45, 2.75) is 27.7 Å². The molecule has 0 aliphatic carbocycles. The maximum Gasteiger partial charge on any atom is 0.214 e. The minimum absolute atomic E-state index is 1.25. The van der Waals surface area contributed by atoms with Gasteiger partial charge in [-0.05, 0) is 63.1 Å². The van der Waals surface area contributed by atoms with Crippen LogP contribution in [0, 0.1) is 13.8 Å². The van der Waals surface area contributed by atoms with Crippen molar-refractivity contribution in [3.8, 4) is 0 Å². The summed E-state index contributed by atoms with van der Waals surface area (Å²) in [5, 5.41) is 0. The van der Waals surface area contributed by atoms with Crippen LogP contribution in [0.5, 0.6) is 0 Å². The average molecular weight is 327 g/mol.